The lowest BCUT2D eigenvalue weighted by Gasteiger charge is -2.18. The molecule has 0 radical (unpaired) electrons. The Labute approximate surface area is 115 Å². The summed E-state index contributed by atoms with van der Waals surface area (Å²) < 4.78 is 13.3. The summed E-state index contributed by atoms with van der Waals surface area (Å²) in [5.74, 6) is -1.36. The molecule has 0 unspecified atom stereocenters. The van der Waals surface area contributed by atoms with E-state index in [-0.39, 0.29) is 5.56 Å². The normalized spacial score (nSPS) is 13.6. The lowest BCUT2D eigenvalue weighted by atomic mass is 9.86. The molecule has 2 aromatic rings. The third kappa shape index (κ3) is 2.20. The number of aromatic nitrogens is 1. The molecule has 1 heterocycles. The topological polar surface area (TPSA) is 50.2 Å². The number of halogens is 1. The molecule has 0 spiro atoms. The van der Waals surface area contributed by atoms with E-state index in [4.69, 9.17) is 5.11 Å². The van der Waals surface area contributed by atoms with E-state index in [0.717, 1.165) is 35.7 Å². The van der Waals surface area contributed by atoms with Crippen LogP contribution in [0.1, 0.15) is 33.5 Å². The van der Waals surface area contributed by atoms with Gasteiger partial charge in [-0.05, 0) is 47.7 Å². The molecule has 20 heavy (non-hydrogen) atoms. The third-order valence-electron chi connectivity index (χ3n) is 3.43. The molecule has 0 amide bonds. The molecule has 1 N–H and O–H groups in total. The van der Waals surface area contributed by atoms with Gasteiger partial charge >= 0.3 is 5.97 Å². The summed E-state index contributed by atoms with van der Waals surface area (Å²) in [6.07, 6.45) is 6.47. The van der Waals surface area contributed by atoms with Crippen molar-refractivity contribution < 1.29 is 14.3 Å². The van der Waals surface area contributed by atoms with Crippen LogP contribution in [0.3, 0.4) is 0 Å². The van der Waals surface area contributed by atoms with E-state index in [2.05, 4.69) is 4.98 Å². The van der Waals surface area contributed by atoms with Gasteiger partial charge in [0.2, 0.25) is 0 Å². The van der Waals surface area contributed by atoms with E-state index in [1.165, 1.54) is 6.07 Å². The minimum absolute atomic E-state index is 0.237. The highest BCUT2D eigenvalue weighted by Gasteiger charge is 2.17. The largest absolute Gasteiger partial charge is 0.478 e. The Morgan fingerprint density at radius 3 is 2.85 bits per heavy atom. The summed E-state index contributed by atoms with van der Waals surface area (Å²) in [6.45, 7) is 0. The first-order chi connectivity index (χ1) is 9.65. The van der Waals surface area contributed by atoms with Gasteiger partial charge in [0.05, 0.1) is 11.8 Å². The number of nitrogens with zero attached hydrogens (tertiary/aromatic N) is 1. The first kappa shape index (κ1) is 12.5. The Hall–Kier alpha value is -2.49. The number of aromatic carboxylic acids is 1. The summed E-state index contributed by atoms with van der Waals surface area (Å²) in [5.41, 5.74) is 3.69. The van der Waals surface area contributed by atoms with Crippen molar-refractivity contribution in [1.29, 1.82) is 0 Å². The van der Waals surface area contributed by atoms with Gasteiger partial charge in [0.15, 0.2) is 0 Å². The fourth-order valence-electron chi connectivity index (χ4n) is 2.49. The summed E-state index contributed by atoms with van der Waals surface area (Å²) in [5, 5.41) is 9.10. The van der Waals surface area contributed by atoms with E-state index in [1.54, 1.807) is 18.3 Å². The third-order valence-corrected chi connectivity index (χ3v) is 3.43. The molecule has 100 valence electrons. The van der Waals surface area contributed by atoms with E-state index in [9.17, 15) is 9.18 Å². The zero-order chi connectivity index (χ0) is 14.1. The SMILES string of the molecule is O=C(O)c1ccc2c(c1)C(c1cncc(F)c1)=CCC2. The molecule has 1 aliphatic carbocycles. The number of hydrogen-bond donors (Lipinski definition) is 1. The Morgan fingerprint density at radius 1 is 1.25 bits per heavy atom. The van der Waals surface area contributed by atoms with Gasteiger partial charge in [0.1, 0.15) is 5.82 Å². The maximum atomic E-state index is 13.3. The first-order valence-corrected chi connectivity index (χ1v) is 6.33. The highest BCUT2D eigenvalue weighted by molar-refractivity contribution is 5.91. The van der Waals surface area contributed by atoms with Gasteiger partial charge in [-0.2, -0.15) is 0 Å². The number of allylic oxidation sites excluding steroid dienone is 1. The molecular formula is C16H12FNO2. The van der Waals surface area contributed by atoms with Gasteiger partial charge in [-0.1, -0.05) is 12.1 Å². The number of benzene rings is 1. The molecule has 1 aromatic carbocycles. The molecule has 3 rings (SSSR count). The van der Waals surface area contributed by atoms with Crippen LogP contribution < -0.4 is 0 Å². The molecule has 3 nitrogen and oxygen atoms in total. The van der Waals surface area contributed by atoms with Crippen LogP contribution in [0.25, 0.3) is 5.57 Å². The van der Waals surface area contributed by atoms with Crippen LogP contribution in [0, 0.1) is 5.82 Å². The van der Waals surface area contributed by atoms with Crippen LogP contribution in [-0.4, -0.2) is 16.1 Å². The maximum Gasteiger partial charge on any atom is 0.335 e. The van der Waals surface area contributed by atoms with Gasteiger partial charge < -0.3 is 5.11 Å². The zero-order valence-electron chi connectivity index (χ0n) is 10.6. The molecular weight excluding hydrogens is 257 g/mol. The number of carboxylic acids is 1. The van der Waals surface area contributed by atoms with Crippen molar-refractivity contribution >= 4 is 11.5 Å². The molecule has 0 saturated carbocycles. The van der Waals surface area contributed by atoms with Crippen molar-refractivity contribution in [2.75, 3.05) is 0 Å². The Bertz CT molecular complexity index is 722. The number of pyridine rings is 1. The van der Waals surface area contributed by atoms with Crippen LogP contribution in [0.4, 0.5) is 4.39 Å². The lowest BCUT2D eigenvalue weighted by molar-refractivity contribution is 0.0697. The predicted octanol–water partition coefficient (Wildman–Crippen LogP) is 3.30. The number of fused-ring (bicyclic) bond motifs is 1. The van der Waals surface area contributed by atoms with Crippen molar-refractivity contribution in [2.45, 2.75) is 12.8 Å². The fraction of sp³-hybridized carbons (Fsp3) is 0.125. The maximum absolute atomic E-state index is 13.3. The minimum Gasteiger partial charge on any atom is -0.478 e. The zero-order valence-corrected chi connectivity index (χ0v) is 10.6. The molecule has 0 aliphatic heterocycles. The van der Waals surface area contributed by atoms with Gasteiger partial charge in [-0.25, -0.2) is 9.18 Å². The van der Waals surface area contributed by atoms with Crippen molar-refractivity contribution in [3.63, 3.8) is 0 Å². The van der Waals surface area contributed by atoms with Crippen LogP contribution in [0.5, 0.6) is 0 Å². The Kier molecular flexibility index (Phi) is 3.06. The standard InChI is InChI=1S/C16H12FNO2/c17-13-6-12(8-18-9-13)14-3-1-2-10-4-5-11(16(19)20)7-15(10)14/h3-9H,1-2H2,(H,19,20). The summed E-state index contributed by atoms with van der Waals surface area (Å²) in [7, 11) is 0. The van der Waals surface area contributed by atoms with Crippen LogP contribution in [-0.2, 0) is 6.42 Å². The number of rotatable bonds is 2. The summed E-state index contributed by atoms with van der Waals surface area (Å²) in [4.78, 5) is 14.9. The molecule has 1 aliphatic rings. The highest BCUT2D eigenvalue weighted by Crippen LogP contribution is 2.32. The van der Waals surface area contributed by atoms with Crippen LogP contribution >= 0.6 is 0 Å². The smallest absolute Gasteiger partial charge is 0.335 e. The second-order valence-corrected chi connectivity index (χ2v) is 4.73. The van der Waals surface area contributed by atoms with E-state index >= 15 is 0 Å². The van der Waals surface area contributed by atoms with Gasteiger partial charge in [-0.15, -0.1) is 0 Å². The summed E-state index contributed by atoms with van der Waals surface area (Å²) >= 11 is 0. The van der Waals surface area contributed by atoms with Crippen molar-refractivity contribution in [2.24, 2.45) is 0 Å². The predicted molar refractivity (Wildman–Crippen MR) is 73.0 cm³/mol. The molecule has 1 aromatic heterocycles. The average molecular weight is 269 g/mol. The number of carboxylic acid groups (broad SMARTS) is 1. The van der Waals surface area contributed by atoms with E-state index < -0.39 is 11.8 Å². The number of hydrogen-bond acceptors (Lipinski definition) is 2. The molecule has 0 bridgehead atoms. The van der Waals surface area contributed by atoms with Gasteiger partial charge in [-0.3, -0.25) is 4.98 Å². The summed E-state index contributed by atoms with van der Waals surface area (Å²) in [6, 6.07) is 6.50. The fourth-order valence-corrected chi connectivity index (χ4v) is 2.49. The monoisotopic (exact) mass is 269 g/mol. The number of carbonyl (C=O) groups is 1. The second kappa shape index (κ2) is 4.89. The molecule has 0 atom stereocenters. The Morgan fingerprint density at radius 2 is 2.10 bits per heavy atom. The molecule has 4 heteroatoms. The van der Waals surface area contributed by atoms with Gasteiger partial charge in [0.25, 0.3) is 0 Å². The average Bonchev–Trinajstić information content (AvgIpc) is 2.46. The number of aryl methyl sites for hydroxylation is 1. The van der Waals surface area contributed by atoms with E-state index in [1.807, 2.05) is 12.1 Å². The highest BCUT2D eigenvalue weighted by atomic mass is 19.1. The second-order valence-electron chi connectivity index (χ2n) is 4.73. The van der Waals surface area contributed by atoms with Crippen LogP contribution in [0.2, 0.25) is 0 Å². The van der Waals surface area contributed by atoms with Crippen LogP contribution in [0.15, 0.2) is 42.7 Å². The molecule has 0 fully saturated rings. The van der Waals surface area contributed by atoms with E-state index in [0.29, 0.717) is 5.56 Å². The Balaban J connectivity index is 2.14. The van der Waals surface area contributed by atoms with Crippen molar-refractivity contribution in [1.82, 2.24) is 4.98 Å². The van der Waals surface area contributed by atoms with Gasteiger partial charge in [0, 0.05) is 11.8 Å². The first-order valence-electron chi connectivity index (χ1n) is 6.33. The quantitative estimate of drug-likeness (QED) is 0.910. The van der Waals surface area contributed by atoms with Crippen molar-refractivity contribution in [3.05, 3.63) is 70.8 Å². The van der Waals surface area contributed by atoms with Crippen molar-refractivity contribution in [3.8, 4) is 0 Å². The lowest BCUT2D eigenvalue weighted by Crippen LogP contribution is -2.05. The molecule has 0 saturated heterocycles. The minimum atomic E-state index is -0.963.